The lowest BCUT2D eigenvalue weighted by atomic mass is 10.1. The lowest BCUT2D eigenvalue weighted by Gasteiger charge is -2.26. The van der Waals surface area contributed by atoms with Crippen molar-refractivity contribution in [2.75, 3.05) is 32.7 Å². The number of carbonyl (C=O) groups excluding carboxylic acids is 2. The fourth-order valence-electron chi connectivity index (χ4n) is 3.23. The van der Waals surface area contributed by atoms with E-state index in [1.807, 2.05) is 9.58 Å². The molecule has 1 aromatic rings. The first-order valence-electron chi connectivity index (χ1n) is 8.55. The zero-order valence-corrected chi connectivity index (χ0v) is 13.5. The third-order valence-electron chi connectivity index (χ3n) is 4.62. The summed E-state index contributed by atoms with van der Waals surface area (Å²) in [7, 11) is 0. The van der Waals surface area contributed by atoms with Crippen LogP contribution in [0, 0.1) is 0 Å². The minimum Gasteiger partial charge on any atom is -0.343 e. The highest BCUT2D eigenvalue weighted by molar-refractivity contribution is 5.96. The van der Waals surface area contributed by atoms with Gasteiger partial charge in [0.1, 0.15) is 0 Å². The Morgan fingerprint density at radius 2 is 2.09 bits per heavy atom. The SMILES string of the molecule is O=C(NCC(=O)N1CCCCC1)c1cnn(C2CCCNC2)c1. The van der Waals surface area contributed by atoms with Crippen molar-refractivity contribution >= 4 is 11.8 Å². The third-order valence-corrected chi connectivity index (χ3v) is 4.62. The molecule has 0 aliphatic carbocycles. The first-order chi connectivity index (χ1) is 11.2. The van der Waals surface area contributed by atoms with Crippen molar-refractivity contribution in [3.63, 3.8) is 0 Å². The van der Waals surface area contributed by atoms with Crippen molar-refractivity contribution in [3.05, 3.63) is 18.0 Å². The molecule has 2 amide bonds. The van der Waals surface area contributed by atoms with Crippen LogP contribution in [0.4, 0.5) is 0 Å². The number of amides is 2. The molecule has 3 heterocycles. The van der Waals surface area contributed by atoms with Crippen molar-refractivity contribution in [1.29, 1.82) is 0 Å². The van der Waals surface area contributed by atoms with E-state index in [4.69, 9.17) is 0 Å². The summed E-state index contributed by atoms with van der Waals surface area (Å²) in [6, 6.07) is 0.306. The molecule has 1 unspecified atom stereocenters. The Kier molecular flexibility index (Phi) is 5.27. The monoisotopic (exact) mass is 319 g/mol. The number of rotatable bonds is 4. The highest BCUT2D eigenvalue weighted by Crippen LogP contribution is 2.16. The number of nitrogens with zero attached hydrogens (tertiary/aromatic N) is 3. The van der Waals surface area contributed by atoms with Crippen molar-refractivity contribution in [2.45, 2.75) is 38.1 Å². The van der Waals surface area contributed by atoms with Gasteiger partial charge in [0.25, 0.3) is 5.91 Å². The van der Waals surface area contributed by atoms with Crippen molar-refractivity contribution in [1.82, 2.24) is 25.3 Å². The van der Waals surface area contributed by atoms with Gasteiger partial charge in [-0.05, 0) is 38.6 Å². The van der Waals surface area contributed by atoms with E-state index in [-0.39, 0.29) is 18.4 Å². The van der Waals surface area contributed by atoms with E-state index in [2.05, 4.69) is 15.7 Å². The normalized spacial score (nSPS) is 21.9. The largest absolute Gasteiger partial charge is 0.343 e. The molecule has 0 aromatic carbocycles. The highest BCUT2D eigenvalue weighted by Gasteiger charge is 2.19. The summed E-state index contributed by atoms with van der Waals surface area (Å²) in [5.41, 5.74) is 0.516. The topological polar surface area (TPSA) is 79.3 Å². The smallest absolute Gasteiger partial charge is 0.254 e. The van der Waals surface area contributed by atoms with Gasteiger partial charge in [-0.25, -0.2) is 0 Å². The fourth-order valence-corrected chi connectivity index (χ4v) is 3.23. The van der Waals surface area contributed by atoms with Gasteiger partial charge >= 0.3 is 0 Å². The molecule has 2 N–H and O–H groups in total. The molecular formula is C16H25N5O2. The van der Waals surface area contributed by atoms with Crippen LogP contribution in [0.1, 0.15) is 48.5 Å². The zero-order chi connectivity index (χ0) is 16.1. The van der Waals surface area contributed by atoms with E-state index in [0.29, 0.717) is 11.6 Å². The predicted molar refractivity (Wildman–Crippen MR) is 86.1 cm³/mol. The Bertz CT molecular complexity index is 544. The number of hydrogen-bond donors (Lipinski definition) is 2. The number of hydrogen-bond acceptors (Lipinski definition) is 4. The molecule has 1 aromatic heterocycles. The first-order valence-corrected chi connectivity index (χ1v) is 8.55. The van der Waals surface area contributed by atoms with Crippen LogP contribution < -0.4 is 10.6 Å². The summed E-state index contributed by atoms with van der Waals surface area (Å²) in [5.74, 6) is -0.229. The number of likely N-dealkylation sites (tertiary alicyclic amines) is 1. The molecule has 0 radical (unpaired) electrons. The van der Waals surface area contributed by atoms with Crippen LogP contribution >= 0.6 is 0 Å². The molecule has 126 valence electrons. The van der Waals surface area contributed by atoms with Gasteiger partial charge in [0.05, 0.1) is 24.3 Å². The molecule has 2 saturated heterocycles. The minimum absolute atomic E-state index is 0.00178. The quantitative estimate of drug-likeness (QED) is 0.849. The number of aromatic nitrogens is 2. The number of nitrogens with one attached hydrogen (secondary N) is 2. The summed E-state index contributed by atoms with van der Waals surface area (Å²) in [6.45, 7) is 3.61. The Balaban J connectivity index is 1.50. The third kappa shape index (κ3) is 4.10. The zero-order valence-electron chi connectivity index (χ0n) is 13.5. The first kappa shape index (κ1) is 16.0. The number of piperidine rings is 2. The maximum Gasteiger partial charge on any atom is 0.254 e. The van der Waals surface area contributed by atoms with Gasteiger partial charge < -0.3 is 15.5 Å². The van der Waals surface area contributed by atoms with E-state index in [0.717, 1.165) is 51.9 Å². The summed E-state index contributed by atoms with van der Waals surface area (Å²) in [6.07, 6.45) is 8.85. The van der Waals surface area contributed by atoms with Gasteiger partial charge in [0.2, 0.25) is 5.91 Å². The minimum atomic E-state index is -0.231. The molecule has 0 bridgehead atoms. The van der Waals surface area contributed by atoms with Gasteiger partial charge in [-0.15, -0.1) is 0 Å². The molecule has 1 atom stereocenters. The van der Waals surface area contributed by atoms with E-state index < -0.39 is 0 Å². The number of carbonyl (C=O) groups is 2. The van der Waals surface area contributed by atoms with Crippen molar-refractivity contribution in [2.24, 2.45) is 0 Å². The Hall–Kier alpha value is -1.89. The van der Waals surface area contributed by atoms with Crippen LogP contribution in [0.2, 0.25) is 0 Å². The molecule has 2 aliphatic rings. The Morgan fingerprint density at radius 1 is 1.26 bits per heavy atom. The van der Waals surface area contributed by atoms with Crippen molar-refractivity contribution in [3.8, 4) is 0 Å². The summed E-state index contributed by atoms with van der Waals surface area (Å²) in [4.78, 5) is 26.1. The Morgan fingerprint density at radius 3 is 2.83 bits per heavy atom. The molecule has 0 spiro atoms. The van der Waals surface area contributed by atoms with Crippen LogP contribution in [0.25, 0.3) is 0 Å². The Labute approximate surface area is 136 Å². The van der Waals surface area contributed by atoms with Gasteiger partial charge in [0, 0.05) is 25.8 Å². The second kappa shape index (κ2) is 7.59. The maximum atomic E-state index is 12.2. The van der Waals surface area contributed by atoms with Crippen LogP contribution in [0.15, 0.2) is 12.4 Å². The summed E-state index contributed by atoms with van der Waals surface area (Å²) >= 11 is 0. The van der Waals surface area contributed by atoms with Crippen molar-refractivity contribution < 1.29 is 9.59 Å². The van der Waals surface area contributed by atoms with E-state index in [1.165, 1.54) is 6.42 Å². The second-order valence-corrected chi connectivity index (χ2v) is 6.33. The summed E-state index contributed by atoms with van der Waals surface area (Å²) in [5, 5.41) is 10.3. The van der Waals surface area contributed by atoms with Crippen LogP contribution in [0.3, 0.4) is 0 Å². The molecule has 3 rings (SSSR count). The molecule has 7 nitrogen and oxygen atoms in total. The van der Waals surface area contributed by atoms with Gasteiger partial charge in [-0.3, -0.25) is 14.3 Å². The lowest BCUT2D eigenvalue weighted by molar-refractivity contribution is -0.130. The molecule has 0 saturated carbocycles. The van der Waals surface area contributed by atoms with Crippen LogP contribution in [0.5, 0.6) is 0 Å². The van der Waals surface area contributed by atoms with Crippen LogP contribution in [-0.4, -0.2) is 59.2 Å². The maximum absolute atomic E-state index is 12.2. The van der Waals surface area contributed by atoms with Gasteiger partial charge in [-0.1, -0.05) is 0 Å². The molecule has 2 aliphatic heterocycles. The van der Waals surface area contributed by atoms with Gasteiger partial charge in [0.15, 0.2) is 0 Å². The fraction of sp³-hybridized carbons (Fsp3) is 0.688. The van der Waals surface area contributed by atoms with E-state index in [9.17, 15) is 9.59 Å². The average molecular weight is 319 g/mol. The summed E-state index contributed by atoms with van der Waals surface area (Å²) < 4.78 is 1.85. The standard InChI is InChI=1S/C16H25N5O2/c22-15(20-7-2-1-3-8-20)11-18-16(23)13-9-19-21(12-13)14-5-4-6-17-10-14/h9,12,14,17H,1-8,10-11H2,(H,18,23). The molecule has 23 heavy (non-hydrogen) atoms. The average Bonchev–Trinajstić information content (AvgIpc) is 3.11. The highest BCUT2D eigenvalue weighted by atomic mass is 16.2. The van der Waals surface area contributed by atoms with Gasteiger partial charge in [-0.2, -0.15) is 5.10 Å². The molecule has 2 fully saturated rings. The molecular weight excluding hydrogens is 294 g/mol. The second-order valence-electron chi connectivity index (χ2n) is 6.33. The van der Waals surface area contributed by atoms with E-state index in [1.54, 1.807) is 12.4 Å². The lowest BCUT2D eigenvalue weighted by Crippen LogP contribution is -2.42. The molecule has 7 heteroatoms. The van der Waals surface area contributed by atoms with Crippen LogP contribution in [-0.2, 0) is 4.79 Å². The van der Waals surface area contributed by atoms with E-state index >= 15 is 0 Å². The predicted octanol–water partition coefficient (Wildman–Crippen LogP) is 0.550.